The van der Waals surface area contributed by atoms with E-state index in [2.05, 4.69) is 50.3 Å². The summed E-state index contributed by atoms with van der Waals surface area (Å²) in [6.07, 6.45) is 0. The van der Waals surface area contributed by atoms with Crippen molar-refractivity contribution in [3.8, 4) is 5.75 Å². The smallest absolute Gasteiger partial charge is 0.124 e. The summed E-state index contributed by atoms with van der Waals surface area (Å²) in [7, 11) is 7.59. The number of nitrogens with one attached hydrogen (secondary N) is 1. The molecular formula is C16H28N2O2. The highest BCUT2D eigenvalue weighted by atomic mass is 16.5. The molecule has 0 aromatic heterocycles. The van der Waals surface area contributed by atoms with Crippen LogP contribution in [0.3, 0.4) is 0 Å². The molecule has 2 unspecified atom stereocenters. The molecule has 0 radical (unpaired) electrons. The normalized spacial score (nSPS) is 14.3. The number of hydrogen-bond acceptors (Lipinski definition) is 4. The van der Waals surface area contributed by atoms with Gasteiger partial charge in [-0.15, -0.1) is 0 Å². The van der Waals surface area contributed by atoms with Crippen molar-refractivity contribution in [2.75, 3.05) is 34.9 Å². The van der Waals surface area contributed by atoms with Gasteiger partial charge >= 0.3 is 0 Å². The predicted molar refractivity (Wildman–Crippen MR) is 83.3 cm³/mol. The zero-order valence-electron chi connectivity index (χ0n) is 13.6. The number of nitrogens with zero attached hydrogens (tertiary/aromatic N) is 1. The molecule has 20 heavy (non-hydrogen) atoms. The molecule has 114 valence electrons. The van der Waals surface area contributed by atoms with Gasteiger partial charge in [-0.05, 0) is 45.6 Å². The number of methoxy groups -OCH3 is 2. The van der Waals surface area contributed by atoms with Crippen molar-refractivity contribution in [1.29, 1.82) is 0 Å². The molecule has 0 heterocycles. The van der Waals surface area contributed by atoms with Crippen molar-refractivity contribution in [3.05, 3.63) is 29.3 Å². The van der Waals surface area contributed by atoms with Crippen LogP contribution in [0.15, 0.2) is 18.2 Å². The van der Waals surface area contributed by atoms with Crippen LogP contribution in [0.4, 0.5) is 0 Å². The van der Waals surface area contributed by atoms with Crippen LogP contribution in [-0.4, -0.2) is 45.8 Å². The van der Waals surface area contributed by atoms with Gasteiger partial charge in [-0.25, -0.2) is 0 Å². The molecule has 1 rings (SSSR count). The lowest BCUT2D eigenvalue weighted by Gasteiger charge is -2.23. The van der Waals surface area contributed by atoms with E-state index in [9.17, 15) is 0 Å². The van der Waals surface area contributed by atoms with Gasteiger partial charge in [0.15, 0.2) is 0 Å². The molecule has 1 N–H and O–H groups in total. The van der Waals surface area contributed by atoms with Crippen molar-refractivity contribution in [2.45, 2.75) is 32.5 Å². The fraction of sp³-hybridized carbons (Fsp3) is 0.625. The molecule has 0 spiro atoms. The first-order chi connectivity index (χ1) is 9.49. The van der Waals surface area contributed by atoms with Crippen LogP contribution < -0.4 is 10.1 Å². The topological polar surface area (TPSA) is 33.7 Å². The van der Waals surface area contributed by atoms with Gasteiger partial charge in [0, 0.05) is 31.3 Å². The maximum absolute atomic E-state index is 5.36. The first-order valence-electron chi connectivity index (χ1n) is 7.05. The van der Waals surface area contributed by atoms with Gasteiger partial charge < -0.3 is 19.7 Å². The average Bonchev–Trinajstić information content (AvgIpc) is 2.44. The minimum Gasteiger partial charge on any atom is -0.496 e. The number of ether oxygens (including phenoxy) is 2. The van der Waals surface area contributed by atoms with E-state index in [1.807, 2.05) is 6.07 Å². The summed E-state index contributed by atoms with van der Waals surface area (Å²) in [5.41, 5.74) is 2.34. The number of rotatable bonds is 8. The third kappa shape index (κ3) is 4.78. The van der Waals surface area contributed by atoms with E-state index in [-0.39, 0.29) is 0 Å². The van der Waals surface area contributed by atoms with Gasteiger partial charge in [0.05, 0.1) is 13.7 Å². The van der Waals surface area contributed by atoms with Crippen molar-refractivity contribution >= 4 is 0 Å². The lowest BCUT2D eigenvalue weighted by atomic mass is 10.0. The van der Waals surface area contributed by atoms with Crippen LogP contribution >= 0.6 is 0 Å². The highest BCUT2D eigenvalue weighted by Crippen LogP contribution is 2.24. The SMILES string of the molecule is COCc1cc(C(C)NCC(C)N(C)C)ccc1OC. The van der Waals surface area contributed by atoms with E-state index < -0.39 is 0 Å². The van der Waals surface area contributed by atoms with Crippen LogP contribution in [0.5, 0.6) is 5.75 Å². The molecular weight excluding hydrogens is 252 g/mol. The Hall–Kier alpha value is -1.10. The molecule has 0 amide bonds. The van der Waals surface area contributed by atoms with Gasteiger partial charge in [-0.1, -0.05) is 6.07 Å². The lowest BCUT2D eigenvalue weighted by Crippen LogP contribution is -2.36. The molecule has 0 fully saturated rings. The summed E-state index contributed by atoms with van der Waals surface area (Å²) < 4.78 is 10.6. The monoisotopic (exact) mass is 280 g/mol. The first kappa shape index (κ1) is 17.0. The maximum atomic E-state index is 5.36. The number of benzene rings is 1. The molecule has 2 atom stereocenters. The Balaban J connectivity index is 2.72. The Morgan fingerprint density at radius 1 is 1.20 bits per heavy atom. The minimum absolute atomic E-state index is 0.305. The van der Waals surface area contributed by atoms with Crippen LogP contribution in [0.1, 0.15) is 31.0 Å². The zero-order chi connectivity index (χ0) is 15.1. The molecule has 0 aliphatic carbocycles. The van der Waals surface area contributed by atoms with Crippen LogP contribution in [-0.2, 0) is 11.3 Å². The Bertz CT molecular complexity index is 407. The van der Waals surface area contributed by atoms with Crippen LogP contribution in [0, 0.1) is 0 Å². The van der Waals surface area contributed by atoms with Crippen molar-refractivity contribution in [3.63, 3.8) is 0 Å². The maximum Gasteiger partial charge on any atom is 0.124 e. The third-order valence-corrected chi connectivity index (χ3v) is 3.71. The van der Waals surface area contributed by atoms with E-state index in [1.54, 1.807) is 14.2 Å². The molecule has 1 aromatic rings. The summed E-state index contributed by atoms with van der Waals surface area (Å²) in [4.78, 5) is 2.21. The van der Waals surface area contributed by atoms with Gasteiger partial charge in [0.2, 0.25) is 0 Å². The summed E-state index contributed by atoms with van der Waals surface area (Å²) in [5.74, 6) is 0.879. The Kier molecular flexibility index (Phi) is 6.99. The second-order valence-corrected chi connectivity index (χ2v) is 5.45. The van der Waals surface area contributed by atoms with Crippen LogP contribution in [0.25, 0.3) is 0 Å². The second kappa shape index (κ2) is 8.25. The van der Waals surface area contributed by atoms with E-state index in [0.717, 1.165) is 17.9 Å². The van der Waals surface area contributed by atoms with Crippen molar-refractivity contribution < 1.29 is 9.47 Å². The molecule has 1 aromatic carbocycles. The summed E-state index contributed by atoms with van der Waals surface area (Å²) in [6, 6.07) is 7.08. The van der Waals surface area contributed by atoms with Crippen LogP contribution in [0.2, 0.25) is 0 Å². The quantitative estimate of drug-likeness (QED) is 0.793. The van der Waals surface area contributed by atoms with E-state index >= 15 is 0 Å². The first-order valence-corrected chi connectivity index (χ1v) is 7.05. The highest BCUT2D eigenvalue weighted by molar-refractivity contribution is 5.38. The molecule has 0 aliphatic rings. The highest BCUT2D eigenvalue weighted by Gasteiger charge is 2.11. The number of hydrogen-bond donors (Lipinski definition) is 1. The van der Waals surface area contributed by atoms with Gasteiger partial charge in [-0.2, -0.15) is 0 Å². The molecule has 4 heteroatoms. The fourth-order valence-electron chi connectivity index (χ4n) is 1.98. The Morgan fingerprint density at radius 2 is 1.90 bits per heavy atom. The number of likely N-dealkylation sites (N-methyl/N-ethyl adjacent to an activating group) is 1. The third-order valence-electron chi connectivity index (χ3n) is 3.71. The summed E-state index contributed by atoms with van der Waals surface area (Å²) in [5, 5.41) is 3.56. The van der Waals surface area contributed by atoms with Crippen molar-refractivity contribution in [1.82, 2.24) is 10.2 Å². The molecule has 0 aliphatic heterocycles. The second-order valence-electron chi connectivity index (χ2n) is 5.45. The van der Waals surface area contributed by atoms with E-state index in [4.69, 9.17) is 9.47 Å². The average molecular weight is 280 g/mol. The van der Waals surface area contributed by atoms with Gasteiger partial charge in [0.25, 0.3) is 0 Å². The van der Waals surface area contributed by atoms with Crippen molar-refractivity contribution in [2.24, 2.45) is 0 Å². The standard InChI is InChI=1S/C16H28N2O2/c1-12(18(3)4)10-17-13(2)14-7-8-16(20-6)15(9-14)11-19-5/h7-9,12-13,17H,10-11H2,1-6H3. The summed E-state index contributed by atoms with van der Waals surface area (Å²) in [6.45, 7) is 5.92. The molecule has 4 nitrogen and oxygen atoms in total. The largest absolute Gasteiger partial charge is 0.496 e. The zero-order valence-corrected chi connectivity index (χ0v) is 13.6. The molecule has 0 saturated heterocycles. The van der Waals surface area contributed by atoms with E-state index in [0.29, 0.717) is 18.7 Å². The molecule has 0 saturated carbocycles. The summed E-state index contributed by atoms with van der Waals surface area (Å²) >= 11 is 0. The van der Waals surface area contributed by atoms with Gasteiger partial charge in [-0.3, -0.25) is 0 Å². The predicted octanol–water partition coefficient (Wildman–Crippen LogP) is 2.44. The Morgan fingerprint density at radius 3 is 2.45 bits per heavy atom. The molecule has 0 bridgehead atoms. The fourth-order valence-corrected chi connectivity index (χ4v) is 1.98. The lowest BCUT2D eigenvalue weighted by molar-refractivity contribution is 0.181. The van der Waals surface area contributed by atoms with Gasteiger partial charge in [0.1, 0.15) is 5.75 Å². The minimum atomic E-state index is 0.305. The van der Waals surface area contributed by atoms with E-state index in [1.165, 1.54) is 5.56 Å². The Labute approximate surface area is 123 Å².